The lowest BCUT2D eigenvalue weighted by atomic mass is 10.0. The summed E-state index contributed by atoms with van der Waals surface area (Å²) in [4.78, 5) is 21.4. The van der Waals surface area contributed by atoms with Gasteiger partial charge in [0.2, 0.25) is 0 Å². The number of aromatic nitrogens is 3. The zero-order valence-electron chi connectivity index (χ0n) is 15.2. The van der Waals surface area contributed by atoms with E-state index in [4.69, 9.17) is 4.74 Å². The van der Waals surface area contributed by atoms with E-state index >= 15 is 0 Å². The molecule has 2 heterocycles. The number of nitrogens with zero attached hydrogens (tertiary/aromatic N) is 3. The molecule has 2 aromatic heterocycles. The van der Waals surface area contributed by atoms with Crippen LogP contribution in [0.15, 0.2) is 72.0 Å². The molecular weight excluding hydrogens is 338 g/mol. The molecule has 0 aliphatic carbocycles. The molecular formula is C22H19N3O2. The molecule has 0 amide bonds. The third-order valence-corrected chi connectivity index (χ3v) is 4.52. The van der Waals surface area contributed by atoms with Gasteiger partial charge in [0.15, 0.2) is 0 Å². The maximum absolute atomic E-state index is 13.0. The van der Waals surface area contributed by atoms with Gasteiger partial charge in [-0.15, -0.1) is 0 Å². The monoisotopic (exact) mass is 357 g/mol. The van der Waals surface area contributed by atoms with Crippen LogP contribution in [-0.4, -0.2) is 21.6 Å². The highest BCUT2D eigenvalue weighted by Gasteiger charge is 2.08. The summed E-state index contributed by atoms with van der Waals surface area (Å²) in [6.07, 6.45) is 5.60. The highest BCUT2D eigenvalue weighted by molar-refractivity contribution is 5.78. The number of fused-ring (bicyclic) bond motifs is 1. The van der Waals surface area contributed by atoms with Crippen molar-refractivity contribution >= 4 is 10.9 Å². The summed E-state index contributed by atoms with van der Waals surface area (Å²) >= 11 is 0. The van der Waals surface area contributed by atoms with Crippen molar-refractivity contribution in [1.29, 1.82) is 0 Å². The third kappa shape index (κ3) is 3.44. The first kappa shape index (κ1) is 17.0. The van der Waals surface area contributed by atoms with Crippen LogP contribution in [0.4, 0.5) is 0 Å². The molecule has 5 nitrogen and oxygen atoms in total. The van der Waals surface area contributed by atoms with E-state index in [9.17, 15) is 4.79 Å². The Morgan fingerprint density at radius 2 is 1.81 bits per heavy atom. The molecule has 0 atom stereocenters. The fraction of sp³-hybridized carbons (Fsp3) is 0.136. The normalized spacial score (nSPS) is 10.9. The summed E-state index contributed by atoms with van der Waals surface area (Å²) in [5, 5.41) is 0.603. The molecule has 134 valence electrons. The van der Waals surface area contributed by atoms with Crippen molar-refractivity contribution in [3.8, 4) is 11.4 Å². The van der Waals surface area contributed by atoms with Crippen molar-refractivity contribution < 1.29 is 4.74 Å². The number of pyridine rings is 1. The van der Waals surface area contributed by atoms with Crippen LogP contribution < -0.4 is 10.3 Å². The molecule has 0 unspecified atom stereocenters. The number of ether oxygens (including phenoxy) is 1. The van der Waals surface area contributed by atoms with Crippen LogP contribution in [0.5, 0.6) is 5.75 Å². The fourth-order valence-corrected chi connectivity index (χ4v) is 3.25. The molecule has 4 rings (SSSR count). The third-order valence-electron chi connectivity index (χ3n) is 4.52. The molecule has 0 bridgehead atoms. The van der Waals surface area contributed by atoms with Crippen molar-refractivity contribution in [3.05, 3.63) is 94.3 Å². The number of rotatable bonds is 4. The number of hydrogen-bond acceptors (Lipinski definition) is 4. The highest BCUT2D eigenvalue weighted by atomic mass is 16.5. The van der Waals surface area contributed by atoms with Gasteiger partial charge in [-0.05, 0) is 66.4 Å². The second kappa shape index (κ2) is 7.03. The quantitative estimate of drug-likeness (QED) is 0.559. The van der Waals surface area contributed by atoms with E-state index in [0.717, 1.165) is 34.5 Å². The number of hydrogen-bond donors (Lipinski definition) is 0. The van der Waals surface area contributed by atoms with Crippen LogP contribution in [0.3, 0.4) is 0 Å². The van der Waals surface area contributed by atoms with Gasteiger partial charge in [0.25, 0.3) is 5.56 Å². The lowest BCUT2D eigenvalue weighted by molar-refractivity contribution is 0.414. The summed E-state index contributed by atoms with van der Waals surface area (Å²) in [6, 6.07) is 15.6. The van der Waals surface area contributed by atoms with Crippen LogP contribution >= 0.6 is 0 Å². The predicted molar refractivity (Wildman–Crippen MR) is 106 cm³/mol. The Labute approximate surface area is 156 Å². The Bertz CT molecular complexity index is 1170. The van der Waals surface area contributed by atoms with Crippen LogP contribution in [-0.2, 0) is 6.42 Å². The summed E-state index contributed by atoms with van der Waals surface area (Å²) in [5.74, 6) is 0.840. The minimum atomic E-state index is -0.0881. The average molecular weight is 357 g/mol. The number of aryl methyl sites for hydroxylation is 1. The summed E-state index contributed by atoms with van der Waals surface area (Å²) in [6.45, 7) is 2.05. The minimum absolute atomic E-state index is 0.0881. The Kier molecular flexibility index (Phi) is 4.42. The smallest absolute Gasteiger partial charge is 0.265 e. The van der Waals surface area contributed by atoms with E-state index in [1.807, 2.05) is 37.3 Å². The first-order valence-electron chi connectivity index (χ1n) is 8.69. The Hall–Kier alpha value is -3.47. The minimum Gasteiger partial charge on any atom is -0.497 e. The Balaban J connectivity index is 1.76. The maximum atomic E-state index is 13.0. The molecule has 0 radical (unpaired) electrons. The topological polar surface area (TPSA) is 57.0 Å². The van der Waals surface area contributed by atoms with Crippen LogP contribution in [0.1, 0.15) is 16.7 Å². The van der Waals surface area contributed by atoms with E-state index in [-0.39, 0.29) is 5.56 Å². The fourth-order valence-electron chi connectivity index (χ4n) is 3.25. The molecule has 0 saturated heterocycles. The van der Waals surface area contributed by atoms with Crippen molar-refractivity contribution in [2.24, 2.45) is 0 Å². The lowest BCUT2D eigenvalue weighted by Gasteiger charge is -2.09. The summed E-state index contributed by atoms with van der Waals surface area (Å²) in [5.41, 5.74) is 4.70. The molecule has 2 aromatic carbocycles. The molecule has 0 saturated carbocycles. The standard InChI is InChI=1S/C22H19N3O2/c1-15-9-17(12-19(10-15)27-2)11-16-3-4-21-20(13-16)22(26)25(14-24-21)18-5-7-23-8-6-18/h3-10,12-14H,11H2,1-2H3. The van der Waals surface area contributed by atoms with Crippen molar-refractivity contribution in [2.75, 3.05) is 7.11 Å². The Morgan fingerprint density at radius 1 is 1.00 bits per heavy atom. The van der Waals surface area contributed by atoms with E-state index in [1.165, 1.54) is 0 Å². The van der Waals surface area contributed by atoms with E-state index in [1.54, 1.807) is 42.5 Å². The van der Waals surface area contributed by atoms with Gasteiger partial charge in [0.1, 0.15) is 12.1 Å². The SMILES string of the molecule is COc1cc(C)cc(Cc2ccc3ncn(-c4ccncc4)c(=O)c3c2)c1. The van der Waals surface area contributed by atoms with Crippen molar-refractivity contribution in [1.82, 2.24) is 14.5 Å². The van der Waals surface area contributed by atoms with E-state index < -0.39 is 0 Å². The van der Waals surface area contributed by atoms with Gasteiger partial charge >= 0.3 is 0 Å². The second-order valence-corrected chi connectivity index (χ2v) is 6.51. The molecule has 0 aliphatic heterocycles. The summed E-state index contributed by atoms with van der Waals surface area (Å²) in [7, 11) is 1.67. The molecule has 5 heteroatoms. The lowest BCUT2D eigenvalue weighted by Crippen LogP contribution is -2.19. The first-order chi connectivity index (χ1) is 13.1. The second-order valence-electron chi connectivity index (χ2n) is 6.51. The number of methoxy groups -OCH3 is 1. The Morgan fingerprint density at radius 3 is 2.59 bits per heavy atom. The molecule has 4 aromatic rings. The predicted octanol–water partition coefficient (Wildman–Crippen LogP) is 3.69. The van der Waals surface area contributed by atoms with Crippen LogP contribution in [0.2, 0.25) is 0 Å². The van der Waals surface area contributed by atoms with Gasteiger partial charge in [-0.1, -0.05) is 12.1 Å². The zero-order chi connectivity index (χ0) is 18.8. The van der Waals surface area contributed by atoms with Gasteiger partial charge in [0, 0.05) is 12.4 Å². The highest BCUT2D eigenvalue weighted by Crippen LogP contribution is 2.20. The van der Waals surface area contributed by atoms with E-state index in [2.05, 4.69) is 16.0 Å². The van der Waals surface area contributed by atoms with Crippen molar-refractivity contribution in [3.63, 3.8) is 0 Å². The zero-order valence-corrected chi connectivity index (χ0v) is 15.2. The molecule has 0 aliphatic rings. The molecule has 0 spiro atoms. The molecule has 0 N–H and O–H groups in total. The summed E-state index contributed by atoms with van der Waals surface area (Å²) < 4.78 is 6.90. The average Bonchev–Trinajstić information content (AvgIpc) is 2.69. The van der Waals surface area contributed by atoms with Gasteiger partial charge in [-0.3, -0.25) is 14.3 Å². The molecule has 0 fully saturated rings. The van der Waals surface area contributed by atoms with Gasteiger partial charge < -0.3 is 4.74 Å². The van der Waals surface area contributed by atoms with Crippen LogP contribution in [0, 0.1) is 6.92 Å². The van der Waals surface area contributed by atoms with Gasteiger partial charge in [-0.2, -0.15) is 0 Å². The largest absolute Gasteiger partial charge is 0.497 e. The molecule has 27 heavy (non-hydrogen) atoms. The van der Waals surface area contributed by atoms with Crippen molar-refractivity contribution in [2.45, 2.75) is 13.3 Å². The van der Waals surface area contributed by atoms with E-state index in [0.29, 0.717) is 10.9 Å². The van der Waals surface area contributed by atoms with Crippen LogP contribution in [0.25, 0.3) is 16.6 Å². The first-order valence-corrected chi connectivity index (χ1v) is 8.69. The maximum Gasteiger partial charge on any atom is 0.265 e. The number of benzene rings is 2. The van der Waals surface area contributed by atoms with Gasteiger partial charge in [0.05, 0.1) is 23.7 Å². The van der Waals surface area contributed by atoms with Gasteiger partial charge in [-0.25, -0.2) is 4.98 Å².